The first-order chi connectivity index (χ1) is 14.2. The van der Waals surface area contributed by atoms with Crippen molar-refractivity contribution >= 4 is 46.7 Å². The van der Waals surface area contributed by atoms with Crippen molar-refractivity contribution in [2.24, 2.45) is 4.99 Å². The number of benzene rings is 1. The molecule has 4 rings (SSSR count). The Morgan fingerprint density at radius 1 is 1.27 bits per heavy atom. The van der Waals surface area contributed by atoms with Gasteiger partial charge in [-0.3, -0.25) is 9.79 Å². The van der Waals surface area contributed by atoms with Gasteiger partial charge in [-0.25, -0.2) is 0 Å². The third-order valence-corrected chi connectivity index (χ3v) is 5.98. The molecule has 30 heavy (non-hydrogen) atoms. The van der Waals surface area contributed by atoms with E-state index in [0.29, 0.717) is 6.61 Å². The molecule has 7 nitrogen and oxygen atoms in total. The number of fused-ring (bicyclic) bond motifs is 1. The minimum atomic E-state index is -0.224. The third kappa shape index (κ3) is 4.91. The van der Waals surface area contributed by atoms with E-state index in [9.17, 15) is 4.79 Å². The predicted molar refractivity (Wildman–Crippen MR) is 131 cm³/mol. The smallest absolute Gasteiger partial charge is 0.251 e. The maximum absolute atomic E-state index is 12.5. The van der Waals surface area contributed by atoms with Crippen molar-refractivity contribution in [3.63, 3.8) is 0 Å². The number of aryl methyl sites for hydroxylation is 1. The van der Waals surface area contributed by atoms with Crippen LogP contribution in [0.15, 0.2) is 29.4 Å². The summed E-state index contributed by atoms with van der Waals surface area (Å²) in [7, 11) is 1.82. The Morgan fingerprint density at radius 2 is 2.03 bits per heavy atom. The number of halogens is 1. The molecule has 0 bridgehead atoms. The van der Waals surface area contributed by atoms with E-state index in [4.69, 9.17) is 4.74 Å². The van der Waals surface area contributed by atoms with E-state index in [1.165, 1.54) is 22.0 Å². The number of aliphatic imine (C=N–C) groups is 1. The fourth-order valence-corrected chi connectivity index (χ4v) is 4.40. The Bertz CT molecular complexity index is 883. The van der Waals surface area contributed by atoms with Crippen LogP contribution in [0.4, 0.5) is 0 Å². The average Bonchev–Trinajstić information content (AvgIpc) is 3.42. The summed E-state index contributed by atoms with van der Waals surface area (Å²) < 4.78 is 5.55. The molecule has 1 aromatic carbocycles. The Balaban J connectivity index is 0.00000256. The summed E-state index contributed by atoms with van der Waals surface area (Å²) in [5, 5.41) is 4.82. The van der Waals surface area contributed by atoms with Gasteiger partial charge in [-0.15, -0.1) is 24.0 Å². The molecule has 3 heterocycles. The van der Waals surface area contributed by atoms with Crippen LogP contribution in [0.1, 0.15) is 24.0 Å². The Labute approximate surface area is 195 Å². The molecule has 1 amide bonds. The van der Waals surface area contributed by atoms with Gasteiger partial charge in [-0.05, 0) is 43.4 Å². The number of aromatic nitrogens is 1. The topological polar surface area (TPSA) is 73.0 Å². The van der Waals surface area contributed by atoms with Crippen LogP contribution in [0.3, 0.4) is 0 Å². The molecule has 8 heteroatoms. The van der Waals surface area contributed by atoms with Gasteiger partial charge in [0, 0.05) is 63.5 Å². The lowest BCUT2D eigenvalue weighted by Gasteiger charge is -2.37. The molecule has 164 valence electrons. The maximum Gasteiger partial charge on any atom is 0.251 e. The maximum atomic E-state index is 12.5. The summed E-state index contributed by atoms with van der Waals surface area (Å²) in [5.74, 6) is 1.06. The predicted octanol–water partition coefficient (Wildman–Crippen LogP) is 2.54. The number of nitrogens with zero attached hydrogens (tertiary/aromatic N) is 3. The first-order valence-electron chi connectivity index (χ1n) is 10.6. The summed E-state index contributed by atoms with van der Waals surface area (Å²) in [6.07, 6.45) is 4.66. The van der Waals surface area contributed by atoms with Crippen LogP contribution >= 0.6 is 24.0 Å². The summed E-state index contributed by atoms with van der Waals surface area (Å²) in [6, 6.07) is 6.36. The lowest BCUT2D eigenvalue weighted by atomic mass is 10.1. The molecule has 0 spiro atoms. The van der Waals surface area contributed by atoms with Crippen LogP contribution in [0, 0.1) is 6.92 Å². The van der Waals surface area contributed by atoms with Gasteiger partial charge in [-0.2, -0.15) is 0 Å². The lowest BCUT2D eigenvalue weighted by Crippen LogP contribution is -2.55. The summed E-state index contributed by atoms with van der Waals surface area (Å²) in [4.78, 5) is 24.5. The number of hydrogen-bond acceptors (Lipinski definition) is 3. The zero-order valence-electron chi connectivity index (χ0n) is 17.8. The number of carbonyl (C=O) groups is 1. The molecule has 2 aliphatic heterocycles. The van der Waals surface area contributed by atoms with Crippen LogP contribution in [0.25, 0.3) is 10.9 Å². The zero-order valence-corrected chi connectivity index (χ0v) is 20.1. The van der Waals surface area contributed by atoms with E-state index in [1.54, 1.807) is 0 Å². The van der Waals surface area contributed by atoms with E-state index in [1.807, 2.05) is 11.9 Å². The molecule has 2 aliphatic rings. The molecule has 2 fully saturated rings. The van der Waals surface area contributed by atoms with Crippen molar-refractivity contribution in [2.45, 2.75) is 32.3 Å². The number of hydrogen-bond donors (Lipinski definition) is 2. The SMILES string of the molecule is CN=C(NCCc1c[nH]c2cccc(C)c12)N1CCN(C(=O)C2CCCO2)CC1.I. The molecule has 1 aromatic heterocycles. The lowest BCUT2D eigenvalue weighted by molar-refractivity contribution is -0.142. The normalized spacial score (nSPS) is 19.8. The van der Waals surface area contributed by atoms with E-state index in [2.05, 4.69) is 51.5 Å². The van der Waals surface area contributed by atoms with E-state index >= 15 is 0 Å². The van der Waals surface area contributed by atoms with Gasteiger partial charge in [0.2, 0.25) is 0 Å². The Morgan fingerprint density at radius 3 is 2.73 bits per heavy atom. The molecule has 0 radical (unpaired) electrons. The van der Waals surface area contributed by atoms with E-state index in [-0.39, 0.29) is 36.0 Å². The minimum absolute atomic E-state index is 0. The Kier molecular flexibility index (Phi) is 7.99. The second kappa shape index (κ2) is 10.5. The second-order valence-electron chi connectivity index (χ2n) is 7.85. The van der Waals surface area contributed by atoms with Gasteiger partial charge in [-0.1, -0.05) is 12.1 Å². The van der Waals surface area contributed by atoms with Gasteiger partial charge < -0.3 is 24.8 Å². The molecule has 2 saturated heterocycles. The van der Waals surface area contributed by atoms with Crippen molar-refractivity contribution < 1.29 is 9.53 Å². The summed E-state index contributed by atoms with van der Waals surface area (Å²) in [6.45, 7) is 6.73. The molecular formula is C22H32IN5O2. The van der Waals surface area contributed by atoms with Crippen LogP contribution in [-0.2, 0) is 16.0 Å². The highest BCUT2D eigenvalue weighted by molar-refractivity contribution is 14.0. The number of aromatic amines is 1. The molecule has 2 N–H and O–H groups in total. The standard InChI is InChI=1S/C22H31N5O2.HI/c1-16-5-3-6-18-20(16)17(15-25-18)8-9-24-22(23-2)27-12-10-26(11-13-27)21(28)19-7-4-14-29-19;/h3,5-6,15,19,25H,4,7-14H2,1-2H3,(H,23,24);1H. The summed E-state index contributed by atoms with van der Waals surface area (Å²) in [5.41, 5.74) is 3.82. The van der Waals surface area contributed by atoms with Crippen molar-refractivity contribution in [3.05, 3.63) is 35.5 Å². The Hall–Kier alpha value is -1.81. The highest BCUT2D eigenvalue weighted by Crippen LogP contribution is 2.22. The number of ether oxygens (including phenoxy) is 1. The number of guanidine groups is 1. The molecule has 2 aromatic rings. The monoisotopic (exact) mass is 525 g/mol. The van der Waals surface area contributed by atoms with Gasteiger partial charge in [0.15, 0.2) is 5.96 Å². The van der Waals surface area contributed by atoms with Crippen molar-refractivity contribution in [1.29, 1.82) is 0 Å². The summed E-state index contributed by atoms with van der Waals surface area (Å²) >= 11 is 0. The van der Waals surface area contributed by atoms with Crippen LogP contribution < -0.4 is 5.32 Å². The number of piperazine rings is 1. The largest absolute Gasteiger partial charge is 0.368 e. The number of carbonyl (C=O) groups excluding carboxylic acids is 1. The van der Waals surface area contributed by atoms with Gasteiger partial charge in [0.05, 0.1) is 0 Å². The van der Waals surface area contributed by atoms with Crippen LogP contribution in [-0.4, -0.2) is 79.1 Å². The van der Waals surface area contributed by atoms with Crippen molar-refractivity contribution in [3.8, 4) is 0 Å². The van der Waals surface area contributed by atoms with Gasteiger partial charge in [0.25, 0.3) is 5.91 Å². The average molecular weight is 525 g/mol. The fourth-order valence-electron chi connectivity index (χ4n) is 4.40. The van der Waals surface area contributed by atoms with Crippen LogP contribution in [0.2, 0.25) is 0 Å². The first kappa shape index (κ1) is 22.9. The first-order valence-corrected chi connectivity index (χ1v) is 10.6. The minimum Gasteiger partial charge on any atom is -0.368 e. The third-order valence-electron chi connectivity index (χ3n) is 5.98. The van der Waals surface area contributed by atoms with E-state index < -0.39 is 0 Å². The highest BCUT2D eigenvalue weighted by atomic mass is 127. The highest BCUT2D eigenvalue weighted by Gasteiger charge is 2.30. The molecular weight excluding hydrogens is 493 g/mol. The zero-order chi connectivity index (χ0) is 20.2. The number of H-pyrrole nitrogens is 1. The second-order valence-corrected chi connectivity index (χ2v) is 7.85. The quantitative estimate of drug-likeness (QED) is 0.366. The molecule has 0 saturated carbocycles. The molecule has 1 atom stereocenters. The number of nitrogens with one attached hydrogen (secondary N) is 2. The molecule has 1 unspecified atom stereocenters. The number of rotatable bonds is 4. The van der Waals surface area contributed by atoms with Crippen molar-refractivity contribution in [2.75, 3.05) is 46.4 Å². The molecule has 0 aliphatic carbocycles. The van der Waals surface area contributed by atoms with Crippen LogP contribution in [0.5, 0.6) is 0 Å². The van der Waals surface area contributed by atoms with Gasteiger partial charge in [0.1, 0.15) is 6.10 Å². The van der Waals surface area contributed by atoms with Crippen molar-refractivity contribution in [1.82, 2.24) is 20.1 Å². The number of amides is 1. The fraction of sp³-hybridized carbons (Fsp3) is 0.545. The van der Waals surface area contributed by atoms with E-state index in [0.717, 1.165) is 57.9 Å². The van der Waals surface area contributed by atoms with Gasteiger partial charge >= 0.3 is 0 Å².